The second-order valence-corrected chi connectivity index (χ2v) is 3.36. The maximum Gasteiger partial charge on any atom is 0.294 e. The summed E-state index contributed by atoms with van der Waals surface area (Å²) in [5, 5.41) is 2.88. The van der Waals surface area contributed by atoms with Gasteiger partial charge in [-0.3, -0.25) is 0 Å². The molecule has 0 atom stereocenters. The van der Waals surface area contributed by atoms with Crippen LogP contribution in [-0.4, -0.2) is 12.0 Å². The fourth-order valence-electron chi connectivity index (χ4n) is 1.46. The van der Waals surface area contributed by atoms with E-state index in [0.29, 0.717) is 6.01 Å². The van der Waals surface area contributed by atoms with Gasteiger partial charge in [-0.1, -0.05) is 0 Å². The number of hydrogen-bond donors (Lipinski definition) is 1. The van der Waals surface area contributed by atoms with E-state index in [4.69, 9.17) is 8.83 Å². The molecule has 4 heteroatoms. The normalized spacial score (nSPS) is 10.5. The van der Waals surface area contributed by atoms with Crippen LogP contribution in [-0.2, 0) is 12.8 Å². The molecular formula is C11H14N2O2. The summed E-state index contributed by atoms with van der Waals surface area (Å²) in [4.78, 5) is 4.22. The van der Waals surface area contributed by atoms with E-state index in [1.165, 1.54) is 0 Å². The molecule has 0 saturated carbocycles. The van der Waals surface area contributed by atoms with Gasteiger partial charge in [0.25, 0.3) is 6.01 Å². The molecule has 80 valence electrons. The molecule has 0 radical (unpaired) electrons. The Hall–Kier alpha value is -1.71. The predicted molar refractivity (Wildman–Crippen MR) is 56.9 cm³/mol. The molecule has 0 spiro atoms. The first-order chi connectivity index (χ1) is 7.29. The minimum atomic E-state index is 0.571. The van der Waals surface area contributed by atoms with E-state index in [-0.39, 0.29) is 0 Å². The Morgan fingerprint density at radius 2 is 2.27 bits per heavy atom. The van der Waals surface area contributed by atoms with Crippen LogP contribution in [0, 0.1) is 6.92 Å². The molecule has 0 fully saturated rings. The Kier molecular flexibility index (Phi) is 2.76. The molecular weight excluding hydrogens is 192 g/mol. The molecule has 2 aromatic rings. The summed E-state index contributed by atoms with van der Waals surface area (Å²) in [5.74, 6) is 1.88. The van der Waals surface area contributed by atoms with Crippen molar-refractivity contribution in [2.24, 2.45) is 0 Å². The van der Waals surface area contributed by atoms with E-state index in [9.17, 15) is 0 Å². The second kappa shape index (κ2) is 4.21. The zero-order valence-corrected chi connectivity index (χ0v) is 8.91. The van der Waals surface area contributed by atoms with Crippen molar-refractivity contribution in [1.29, 1.82) is 0 Å². The highest BCUT2D eigenvalue weighted by Gasteiger charge is 2.08. The van der Waals surface area contributed by atoms with Gasteiger partial charge in [-0.2, -0.15) is 4.98 Å². The lowest BCUT2D eigenvalue weighted by molar-refractivity contribution is 0.478. The Labute approximate surface area is 88.3 Å². The minimum absolute atomic E-state index is 0.571. The standard InChI is InChI=1S/C11H14N2O2/c1-8-10(15-11(12-2)13-8)6-5-9-4-3-7-14-9/h3-4,7H,5-6H2,1-2H3,(H,12,13). The summed E-state index contributed by atoms with van der Waals surface area (Å²) in [5.41, 5.74) is 0.936. The SMILES string of the molecule is CNc1nc(C)c(CCc2ccco2)o1. The van der Waals surface area contributed by atoms with Gasteiger partial charge in [0, 0.05) is 19.9 Å². The van der Waals surface area contributed by atoms with Gasteiger partial charge in [-0.05, 0) is 19.1 Å². The number of nitrogens with zero attached hydrogens (tertiary/aromatic N) is 1. The van der Waals surface area contributed by atoms with Crippen molar-refractivity contribution >= 4 is 6.01 Å². The number of hydrogen-bond acceptors (Lipinski definition) is 4. The van der Waals surface area contributed by atoms with Crippen molar-refractivity contribution in [3.8, 4) is 0 Å². The maximum atomic E-state index is 5.50. The Morgan fingerprint density at radius 3 is 2.87 bits per heavy atom. The lowest BCUT2D eigenvalue weighted by Crippen LogP contribution is -1.89. The third kappa shape index (κ3) is 2.21. The molecule has 0 bridgehead atoms. The van der Waals surface area contributed by atoms with Crippen molar-refractivity contribution < 1.29 is 8.83 Å². The van der Waals surface area contributed by atoms with Crippen molar-refractivity contribution in [3.63, 3.8) is 0 Å². The van der Waals surface area contributed by atoms with Crippen LogP contribution in [0.15, 0.2) is 27.2 Å². The van der Waals surface area contributed by atoms with Gasteiger partial charge in [-0.25, -0.2) is 0 Å². The van der Waals surface area contributed by atoms with Gasteiger partial charge in [-0.15, -0.1) is 0 Å². The number of furan rings is 1. The van der Waals surface area contributed by atoms with Crippen molar-refractivity contribution in [2.75, 3.05) is 12.4 Å². The third-order valence-electron chi connectivity index (χ3n) is 2.29. The van der Waals surface area contributed by atoms with E-state index in [1.54, 1.807) is 13.3 Å². The quantitative estimate of drug-likeness (QED) is 0.834. The second-order valence-electron chi connectivity index (χ2n) is 3.36. The van der Waals surface area contributed by atoms with Crippen molar-refractivity contribution in [1.82, 2.24) is 4.98 Å². The average Bonchev–Trinajstić information content (AvgIpc) is 2.84. The number of oxazole rings is 1. The largest absolute Gasteiger partial charge is 0.469 e. The smallest absolute Gasteiger partial charge is 0.294 e. The first-order valence-corrected chi connectivity index (χ1v) is 4.96. The molecule has 0 aliphatic heterocycles. The first kappa shape index (κ1) is 9.83. The van der Waals surface area contributed by atoms with Gasteiger partial charge >= 0.3 is 0 Å². The van der Waals surface area contributed by atoms with Crippen LogP contribution in [0.4, 0.5) is 6.01 Å². The van der Waals surface area contributed by atoms with Crippen LogP contribution in [0.1, 0.15) is 17.2 Å². The van der Waals surface area contributed by atoms with E-state index < -0.39 is 0 Å². The van der Waals surface area contributed by atoms with Crippen LogP contribution in [0.2, 0.25) is 0 Å². The molecule has 2 rings (SSSR count). The molecule has 2 heterocycles. The lowest BCUT2D eigenvalue weighted by Gasteiger charge is -1.95. The number of aryl methyl sites for hydroxylation is 3. The Balaban J connectivity index is 2.01. The topological polar surface area (TPSA) is 51.2 Å². The molecule has 0 aromatic carbocycles. The van der Waals surface area contributed by atoms with Crippen LogP contribution in [0.25, 0.3) is 0 Å². The molecule has 1 N–H and O–H groups in total. The minimum Gasteiger partial charge on any atom is -0.469 e. The van der Waals surface area contributed by atoms with Crippen LogP contribution >= 0.6 is 0 Å². The summed E-state index contributed by atoms with van der Waals surface area (Å²) in [6.45, 7) is 1.95. The van der Waals surface area contributed by atoms with E-state index in [2.05, 4.69) is 10.3 Å². The van der Waals surface area contributed by atoms with E-state index >= 15 is 0 Å². The van der Waals surface area contributed by atoms with Gasteiger partial charge in [0.1, 0.15) is 11.5 Å². The summed E-state index contributed by atoms with van der Waals surface area (Å²) in [6.07, 6.45) is 3.34. The predicted octanol–water partition coefficient (Wildman–Crippen LogP) is 2.40. The van der Waals surface area contributed by atoms with Gasteiger partial charge < -0.3 is 14.2 Å². The summed E-state index contributed by atoms with van der Waals surface area (Å²) in [6, 6.07) is 4.42. The summed E-state index contributed by atoms with van der Waals surface area (Å²) >= 11 is 0. The van der Waals surface area contributed by atoms with Crippen molar-refractivity contribution in [2.45, 2.75) is 19.8 Å². The number of aromatic nitrogens is 1. The van der Waals surface area contributed by atoms with E-state index in [0.717, 1.165) is 30.1 Å². The molecule has 15 heavy (non-hydrogen) atoms. The highest BCUT2D eigenvalue weighted by Crippen LogP contribution is 2.16. The molecule has 0 amide bonds. The number of nitrogens with one attached hydrogen (secondary N) is 1. The highest BCUT2D eigenvalue weighted by atomic mass is 16.4. The summed E-state index contributed by atoms with van der Waals surface area (Å²) < 4.78 is 10.7. The average molecular weight is 206 g/mol. The van der Waals surface area contributed by atoms with Gasteiger partial charge in [0.05, 0.1) is 12.0 Å². The molecule has 0 aliphatic rings. The maximum absolute atomic E-state index is 5.50. The zero-order valence-electron chi connectivity index (χ0n) is 8.91. The van der Waals surface area contributed by atoms with Gasteiger partial charge in [0.15, 0.2) is 0 Å². The molecule has 0 unspecified atom stereocenters. The monoisotopic (exact) mass is 206 g/mol. The molecule has 4 nitrogen and oxygen atoms in total. The molecule has 0 aliphatic carbocycles. The zero-order chi connectivity index (χ0) is 10.7. The third-order valence-corrected chi connectivity index (χ3v) is 2.29. The molecule has 2 aromatic heterocycles. The first-order valence-electron chi connectivity index (χ1n) is 4.96. The fraction of sp³-hybridized carbons (Fsp3) is 0.364. The van der Waals surface area contributed by atoms with Crippen LogP contribution in [0.3, 0.4) is 0 Å². The lowest BCUT2D eigenvalue weighted by atomic mass is 10.2. The fourth-order valence-corrected chi connectivity index (χ4v) is 1.46. The van der Waals surface area contributed by atoms with Gasteiger partial charge in [0.2, 0.25) is 0 Å². The van der Waals surface area contributed by atoms with E-state index in [1.807, 2.05) is 19.1 Å². The Bertz CT molecular complexity index is 418. The number of rotatable bonds is 4. The number of anilines is 1. The highest BCUT2D eigenvalue weighted by molar-refractivity contribution is 5.24. The van der Waals surface area contributed by atoms with Crippen LogP contribution in [0.5, 0.6) is 0 Å². The van der Waals surface area contributed by atoms with Crippen molar-refractivity contribution in [3.05, 3.63) is 35.6 Å². The van der Waals surface area contributed by atoms with Crippen LogP contribution < -0.4 is 5.32 Å². The Morgan fingerprint density at radius 1 is 1.40 bits per heavy atom. The molecule has 0 saturated heterocycles. The summed E-state index contributed by atoms with van der Waals surface area (Å²) in [7, 11) is 1.79.